The van der Waals surface area contributed by atoms with Crippen molar-refractivity contribution < 1.29 is 4.74 Å². The molecule has 1 N–H and O–H groups in total. The molecule has 2 heterocycles. The smallest absolute Gasteiger partial charge is 0.253 e. The maximum atomic E-state index is 13.9. The number of rotatable bonds is 10. The number of aromatic nitrogens is 5. The second-order valence-corrected chi connectivity index (χ2v) is 10.9. The second kappa shape index (κ2) is 12.1. The van der Waals surface area contributed by atoms with E-state index < -0.39 is 6.04 Å². The first kappa shape index (κ1) is 26.9. The minimum atomic E-state index is -0.466. The van der Waals surface area contributed by atoms with E-state index in [1.54, 1.807) is 0 Å². The van der Waals surface area contributed by atoms with Crippen LogP contribution in [0.3, 0.4) is 0 Å². The first-order valence-electron chi connectivity index (χ1n) is 14.5. The fourth-order valence-electron chi connectivity index (χ4n) is 5.97. The van der Waals surface area contributed by atoms with Crippen molar-refractivity contribution in [1.29, 1.82) is 0 Å². The summed E-state index contributed by atoms with van der Waals surface area (Å²) in [4.78, 5) is 19.3. The number of aryl methyl sites for hydroxylation is 1. The Bertz CT molecular complexity index is 1660. The second-order valence-electron chi connectivity index (χ2n) is 10.9. The number of ether oxygens (including phenoxy) is 1. The first-order valence-corrected chi connectivity index (χ1v) is 14.5. The first-order chi connectivity index (χ1) is 20.1. The van der Waals surface area contributed by atoms with Crippen LogP contribution in [-0.2, 0) is 13.1 Å². The zero-order valence-corrected chi connectivity index (χ0v) is 23.7. The number of nitrogens with one attached hydrogen (secondary N) is 1. The molecule has 5 aromatic rings. The van der Waals surface area contributed by atoms with Crippen LogP contribution in [0.25, 0.3) is 10.9 Å². The lowest BCUT2D eigenvalue weighted by Crippen LogP contribution is -2.35. The zero-order valence-electron chi connectivity index (χ0n) is 23.7. The van der Waals surface area contributed by atoms with Crippen LogP contribution in [0.4, 0.5) is 0 Å². The summed E-state index contributed by atoms with van der Waals surface area (Å²) in [6.07, 6.45) is 4.39. The molecule has 2 aromatic heterocycles. The Labute approximate surface area is 240 Å². The van der Waals surface area contributed by atoms with Gasteiger partial charge in [0, 0.05) is 24.2 Å². The molecule has 3 aromatic carbocycles. The molecule has 0 radical (unpaired) electrons. The molecule has 1 aliphatic rings. The van der Waals surface area contributed by atoms with Crippen LogP contribution in [0.2, 0.25) is 0 Å². The van der Waals surface area contributed by atoms with E-state index in [1.165, 1.54) is 0 Å². The molecular weight excluding hydrogens is 512 g/mol. The van der Waals surface area contributed by atoms with Gasteiger partial charge in [-0.25, -0.2) is 4.68 Å². The highest BCUT2D eigenvalue weighted by Crippen LogP contribution is 2.35. The van der Waals surface area contributed by atoms with Crippen LogP contribution in [-0.4, -0.2) is 36.7 Å². The molecule has 1 aliphatic carbocycles. The van der Waals surface area contributed by atoms with E-state index in [0.29, 0.717) is 31.1 Å². The van der Waals surface area contributed by atoms with Gasteiger partial charge >= 0.3 is 0 Å². The number of fused-ring (bicyclic) bond motifs is 1. The van der Waals surface area contributed by atoms with Crippen molar-refractivity contribution in [2.24, 2.45) is 0 Å². The molecular formula is C33H36N6O2. The number of pyridine rings is 1. The van der Waals surface area contributed by atoms with Crippen molar-refractivity contribution in [3.63, 3.8) is 0 Å². The number of benzene rings is 3. The Morgan fingerprint density at radius 3 is 2.44 bits per heavy atom. The van der Waals surface area contributed by atoms with Gasteiger partial charge in [-0.3, -0.25) is 9.69 Å². The normalized spacial score (nSPS) is 14.6. The van der Waals surface area contributed by atoms with Crippen molar-refractivity contribution in [2.45, 2.75) is 64.7 Å². The fourth-order valence-corrected chi connectivity index (χ4v) is 5.97. The summed E-state index contributed by atoms with van der Waals surface area (Å²) in [6, 6.07) is 26.5. The van der Waals surface area contributed by atoms with Crippen molar-refractivity contribution >= 4 is 10.9 Å². The molecule has 0 aliphatic heterocycles. The number of aromatic amines is 1. The summed E-state index contributed by atoms with van der Waals surface area (Å²) in [6.45, 7) is 5.84. The van der Waals surface area contributed by atoms with Crippen molar-refractivity contribution in [3.8, 4) is 5.75 Å². The quantitative estimate of drug-likeness (QED) is 0.226. The highest BCUT2D eigenvalue weighted by atomic mass is 16.5. The lowest BCUT2D eigenvalue weighted by atomic mass is 10.0. The summed E-state index contributed by atoms with van der Waals surface area (Å²) in [5.41, 5.74) is 4.70. The number of H-pyrrole nitrogens is 1. The Morgan fingerprint density at radius 1 is 0.976 bits per heavy atom. The van der Waals surface area contributed by atoms with Gasteiger partial charge in [-0.05, 0) is 83.5 Å². The summed E-state index contributed by atoms with van der Waals surface area (Å²) < 4.78 is 7.66. The molecule has 0 saturated heterocycles. The number of hydrogen-bond donors (Lipinski definition) is 1. The molecule has 41 heavy (non-hydrogen) atoms. The van der Waals surface area contributed by atoms with E-state index in [-0.39, 0.29) is 11.6 Å². The Balaban J connectivity index is 1.50. The van der Waals surface area contributed by atoms with Gasteiger partial charge in [0.2, 0.25) is 0 Å². The van der Waals surface area contributed by atoms with E-state index in [1.807, 2.05) is 61.0 Å². The molecule has 8 heteroatoms. The third kappa shape index (κ3) is 5.93. The Hall–Kier alpha value is -4.30. The molecule has 1 atom stereocenters. The van der Waals surface area contributed by atoms with E-state index in [0.717, 1.165) is 59.0 Å². The predicted molar refractivity (Wildman–Crippen MR) is 160 cm³/mol. The largest absolute Gasteiger partial charge is 0.494 e. The summed E-state index contributed by atoms with van der Waals surface area (Å²) >= 11 is 0. The average molecular weight is 549 g/mol. The van der Waals surface area contributed by atoms with Crippen LogP contribution in [0.5, 0.6) is 5.75 Å². The van der Waals surface area contributed by atoms with Gasteiger partial charge < -0.3 is 9.72 Å². The van der Waals surface area contributed by atoms with Gasteiger partial charge in [0.05, 0.1) is 12.6 Å². The molecule has 8 nitrogen and oxygen atoms in total. The minimum Gasteiger partial charge on any atom is -0.494 e. The molecule has 6 rings (SSSR count). The zero-order chi connectivity index (χ0) is 28.2. The summed E-state index contributed by atoms with van der Waals surface area (Å²) in [5.74, 6) is 1.55. The standard InChI is InChI=1S/C33H36N6O2/c1-3-41-28-17-14-25(15-18-28)22-38(21-24-9-5-4-6-10-24)31(32-35-36-37-39(32)27-11-7-8-12-27)29-20-26-16-13-23(2)19-30(26)34-33(29)40/h4-6,9-10,13-20,27,31H,3,7-8,11-12,21-22H2,1-2H3,(H,34,40)/t31-/m1/s1. The van der Waals surface area contributed by atoms with Crippen LogP contribution >= 0.6 is 0 Å². The lowest BCUT2D eigenvalue weighted by Gasteiger charge is -2.32. The maximum Gasteiger partial charge on any atom is 0.253 e. The third-order valence-corrected chi connectivity index (χ3v) is 7.97. The van der Waals surface area contributed by atoms with Crippen molar-refractivity contribution in [2.75, 3.05) is 6.61 Å². The van der Waals surface area contributed by atoms with E-state index in [9.17, 15) is 4.79 Å². The summed E-state index contributed by atoms with van der Waals surface area (Å²) in [5, 5.41) is 14.2. The maximum absolute atomic E-state index is 13.9. The average Bonchev–Trinajstić information content (AvgIpc) is 3.68. The highest BCUT2D eigenvalue weighted by molar-refractivity contribution is 5.79. The Morgan fingerprint density at radius 2 is 1.71 bits per heavy atom. The molecule has 1 fully saturated rings. The topological polar surface area (TPSA) is 88.9 Å². The van der Waals surface area contributed by atoms with Gasteiger partial charge in [0.25, 0.3) is 5.56 Å². The molecule has 0 unspecified atom stereocenters. The van der Waals surface area contributed by atoms with Crippen molar-refractivity contribution in [3.05, 3.63) is 117 Å². The number of hydrogen-bond acceptors (Lipinski definition) is 6. The monoisotopic (exact) mass is 548 g/mol. The lowest BCUT2D eigenvalue weighted by molar-refractivity contribution is 0.190. The highest BCUT2D eigenvalue weighted by Gasteiger charge is 2.33. The van der Waals surface area contributed by atoms with E-state index in [4.69, 9.17) is 4.74 Å². The molecule has 0 spiro atoms. The van der Waals surface area contributed by atoms with Crippen LogP contribution in [0.15, 0.2) is 83.7 Å². The number of nitrogens with zero attached hydrogens (tertiary/aromatic N) is 5. The third-order valence-electron chi connectivity index (χ3n) is 7.97. The minimum absolute atomic E-state index is 0.126. The fraction of sp³-hybridized carbons (Fsp3) is 0.333. The summed E-state index contributed by atoms with van der Waals surface area (Å²) in [7, 11) is 0. The van der Waals surface area contributed by atoms with Gasteiger partial charge in [-0.2, -0.15) is 0 Å². The van der Waals surface area contributed by atoms with Gasteiger partial charge in [-0.15, -0.1) is 5.10 Å². The van der Waals surface area contributed by atoms with E-state index >= 15 is 0 Å². The van der Waals surface area contributed by atoms with Gasteiger partial charge in [0.1, 0.15) is 11.8 Å². The Kier molecular flexibility index (Phi) is 7.91. The van der Waals surface area contributed by atoms with Gasteiger partial charge in [-0.1, -0.05) is 67.4 Å². The van der Waals surface area contributed by atoms with Crippen molar-refractivity contribution in [1.82, 2.24) is 30.1 Å². The molecule has 0 amide bonds. The molecule has 210 valence electrons. The van der Waals surface area contributed by atoms with Crippen LogP contribution in [0.1, 0.15) is 72.8 Å². The molecule has 1 saturated carbocycles. The number of tetrazole rings is 1. The van der Waals surface area contributed by atoms with E-state index in [2.05, 4.69) is 61.8 Å². The molecule has 0 bridgehead atoms. The predicted octanol–water partition coefficient (Wildman–Crippen LogP) is 6.13. The van der Waals surface area contributed by atoms with Gasteiger partial charge in [0.15, 0.2) is 5.82 Å². The van der Waals surface area contributed by atoms with Crippen LogP contribution < -0.4 is 10.3 Å². The van der Waals surface area contributed by atoms with Crippen LogP contribution in [0, 0.1) is 6.92 Å². The SMILES string of the molecule is CCOc1ccc(CN(Cc2ccccc2)[C@H](c2cc3ccc(C)cc3[nH]c2=O)c2nnnn2C2CCCC2)cc1.